The van der Waals surface area contributed by atoms with Gasteiger partial charge in [0, 0.05) is 58.4 Å². The first-order valence-corrected chi connectivity index (χ1v) is 10.6. The number of likely N-dealkylation sites (tertiary alicyclic amines) is 1. The third-order valence-corrected chi connectivity index (χ3v) is 5.78. The number of amides is 1. The van der Waals surface area contributed by atoms with Gasteiger partial charge in [0.2, 0.25) is 5.91 Å². The van der Waals surface area contributed by atoms with E-state index in [1.165, 1.54) is 12.1 Å². The molecule has 1 atom stereocenters. The van der Waals surface area contributed by atoms with Crippen molar-refractivity contribution in [3.8, 4) is 5.75 Å². The van der Waals surface area contributed by atoms with Crippen LogP contribution in [0.3, 0.4) is 0 Å². The van der Waals surface area contributed by atoms with Crippen molar-refractivity contribution in [2.24, 2.45) is 4.99 Å². The summed E-state index contributed by atoms with van der Waals surface area (Å²) in [4.78, 5) is 23.1. The lowest BCUT2D eigenvalue weighted by atomic mass is 10.2. The molecule has 0 aromatic heterocycles. The third kappa shape index (κ3) is 7.12. The van der Waals surface area contributed by atoms with Crippen LogP contribution < -0.4 is 10.1 Å². The number of benzene rings is 1. The molecule has 1 amide bonds. The van der Waals surface area contributed by atoms with E-state index in [4.69, 9.17) is 0 Å². The minimum atomic E-state index is -4.74. The SMILES string of the molecule is CN=C(NCc1ccccc1OC(F)(F)F)N1CCN(C(C)C(=O)N2CCCC2)CC1.I. The molecule has 2 saturated heterocycles. The van der Waals surface area contributed by atoms with Crippen LogP contribution in [-0.4, -0.2) is 85.3 Å². The molecular formula is C21H31F3IN5O2. The molecule has 7 nitrogen and oxygen atoms in total. The van der Waals surface area contributed by atoms with Gasteiger partial charge in [-0.3, -0.25) is 14.7 Å². The summed E-state index contributed by atoms with van der Waals surface area (Å²) in [6.07, 6.45) is -2.59. The van der Waals surface area contributed by atoms with E-state index in [0.29, 0.717) is 24.6 Å². The van der Waals surface area contributed by atoms with Crippen molar-refractivity contribution in [3.05, 3.63) is 29.8 Å². The smallest absolute Gasteiger partial charge is 0.405 e. The highest BCUT2D eigenvalue weighted by molar-refractivity contribution is 14.0. The first-order valence-electron chi connectivity index (χ1n) is 10.6. The van der Waals surface area contributed by atoms with Crippen LogP contribution in [0.2, 0.25) is 0 Å². The second-order valence-electron chi connectivity index (χ2n) is 7.79. The predicted molar refractivity (Wildman–Crippen MR) is 127 cm³/mol. The molecule has 11 heteroatoms. The number of nitrogens with one attached hydrogen (secondary N) is 1. The number of hydrogen-bond acceptors (Lipinski definition) is 4. The summed E-state index contributed by atoms with van der Waals surface area (Å²) >= 11 is 0. The summed E-state index contributed by atoms with van der Waals surface area (Å²) in [7, 11) is 1.65. The first-order chi connectivity index (χ1) is 14.8. The standard InChI is InChI=1S/C21H30F3N5O2.HI/c1-16(19(30)28-9-5-6-10-28)27-11-13-29(14-12-27)20(25-2)26-15-17-7-3-4-8-18(17)31-21(22,23)24;/h3-4,7-8,16H,5-6,9-15H2,1-2H3,(H,25,26);1H. The zero-order valence-electron chi connectivity index (χ0n) is 18.4. The minimum absolute atomic E-state index is 0. The highest BCUT2D eigenvalue weighted by atomic mass is 127. The lowest BCUT2D eigenvalue weighted by Crippen LogP contribution is -2.57. The largest absolute Gasteiger partial charge is 0.573 e. The number of ether oxygens (including phenoxy) is 1. The fourth-order valence-corrected chi connectivity index (χ4v) is 4.06. The van der Waals surface area contributed by atoms with Crippen molar-refractivity contribution < 1.29 is 22.7 Å². The molecule has 3 rings (SSSR count). The summed E-state index contributed by atoms with van der Waals surface area (Å²) in [6, 6.07) is 5.90. The Labute approximate surface area is 204 Å². The lowest BCUT2D eigenvalue weighted by Gasteiger charge is -2.39. The fourth-order valence-electron chi connectivity index (χ4n) is 4.06. The average Bonchev–Trinajstić information content (AvgIpc) is 3.28. The van der Waals surface area contributed by atoms with Gasteiger partial charge in [-0.05, 0) is 25.8 Å². The number of rotatable bonds is 5. The summed E-state index contributed by atoms with van der Waals surface area (Å²) in [6.45, 7) is 6.60. The maximum atomic E-state index is 12.6. The van der Waals surface area contributed by atoms with Crippen molar-refractivity contribution >= 4 is 35.8 Å². The van der Waals surface area contributed by atoms with Crippen molar-refractivity contribution in [3.63, 3.8) is 0 Å². The van der Waals surface area contributed by atoms with Gasteiger partial charge in [-0.15, -0.1) is 37.1 Å². The zero-order valence-corrected chi connectivity index (χ0v) is 20.7. The Morgan fingerprint density at radius 1 is 1.09 bits per heavy atom. The van der Waals surface area contributed by atoms with Crippen molar-refractivity contribution in [2.75, 3.05) is 46.3 Å². The van der Waals surface area contributed by atoms with E-state index in [-0.39, 0.29) is 48.2 Å². The molecule has 0 bridgehead atoms. The number of carbonyl (C=O) groups excluding carboxylic acids is 1. The zero-order chi connectivity index (χ0) is 22.4. The summed E-state index contributed by atoms with van der Waals surface area (Å²) in [5.74, 6) is 0.576. The van der Waals surface area contributed by atoms with Gasteiger partial charge < -0.3 is 19.9 Å². The Morgan fingerprint density at radius 3 is 2.31 bits per heavy atom. The van der Waals surface area contributed by atoms with Gasteiger partial charge in [0.15, 0.2) is 5.96 Å². The first kappa shape index (κ1) is 26.5. The van der Waals surface area contributed by atoms with E-state index < -0.39 is 6.36 Å². The van der Waals surface area contributed by atoms with Crippen LogP contribution in [0.1, 0.15) is 25.3 Å². The quantitative estimate of drug-likeness (QED) is 0.336. The van der Waals surface area contributed by atoms with E-state index in [1.54, 1.807) is 19.2 Å². The molecule has 1 N–H and O–H groups in total. The number of guanidine groups is 1. The number of piperazine rings is 1. The highest BCUT2D eigenvalue weighted by Crippen LogP contribution is 2.26. The van der Waals surface area contributed by atoms with E-state index in [1.807, 2.05) is 11.8 Å². The van der Waals surface area contributed by atoms with Crippen LogP contribution in [-0.2, 0) is 11.3 Å². The van der Waals surface area contributed by atoms with Gasteiger partial charge in [-0.2, -0.15) is 0 Å². The van der Waals surface area contributed by atoms with Gasteiger partial charge in [-0.25, -0.2) is 0 Å². The third-order valence-electron chi connectivity index (χ3n) is 5.78. The Balaban J connectivity index is 0.00000363. The second kappa shape index (κ2) is 11.9. The molecular weight excluding hydrogens is 538 g/mol. The molecule has 2 aliphatic heterocycles. The molecule has 2 heterocycles. The van der Waals surface area contributed by atoms with Gasteiger partial charge in [-0.1, -0.05) is 18.2 Å². The van der Waals surface area contributed by atoms with Gasteiger partial charge in [0.1, 0.15) is 5.75 Å². The minimum Gasteiger partial charge on any atom is -0.405 e. The monoisotopic (exact) mass is 569 g/mol. The molecule has 32 heavy (non-hydrogen) atoms. The van der Waals surface area contributed by atoms with Crippen LogP contribution in [0.25, 0.3) is 0 Å². The Morgan fingerprint density at radius 2 is 1.72 bits per heavy atom. The Bertz CT molecular complexity index is 779. The second-order valence-corrected chi connectivity index (χ2v) is 7.79. The molecule has 0 saturated carbocycles. The van der Waals surface area contributed by atoms with Crippen LogP contribution >= 0.6 is 24.0 Å². The number of para-hydroxylation sites is 1. The molecule has 0 spiro atoms. The molecule has 1 aromatic rings. The van der Waals surface area contributed by atoms with Crippen LogP contribution in [0.15, 0.2) is 29.3 Å². The summed E-state index contributed by atoms with van der Waals surface area (Å²) < 4.78 is 42.0. The number of halogens is 4. The fraction of sp³-hybridized carbons (Fsp3) is 0.619. The normalized spacial score (nSPS) is 18.8. The van der Waals surface area contributed by atoms with E-state index in [2.05, 4.69) is 24.8 Å². The number of nitrogens with zero attached hydrogens (tertiary/aromatic N) is 4. The maximum Gasteiger partial charge on any atom is 0.573 e. The van der Waals surface area contributed by atoms with Crippen molar-refractivity contribution in [2.45, 2.75) is 38.7 Å². The van der Waals surface area contributed by atoms with E-state index in [9.17, 15) is 18.0 Å². The van der Waals surface area contributed by atoms with E-state index >= 15 is 0 Å². The molecule has 0 aliphatic carbocycles. The summed E-state index contributed by atoms with van der Waals surface area (Å²) in [5, 5.41) is 3.13. The van der Waals surface area contributed by atoms with Crippen molar-refractivity contribution in [1.29, 1.82) is 0 Å². The van der Waals surface area contributed by atoms with Gasteiger partial charge in [0.25, 0.3) is 0 Å². The molecule has 1 aromatic carbocycles. The number of hydrogen-bond donors (Lipinski definition) is 1. The van der Waals surface area contributed by atoms with E-state index in [0.717, 1.165) is 39.0 Å². The van der Waals surface area contributed by atoms with Gasteiger partial charge in [0.05, 0.1) is 6.04 Å². The number of alkyl halides is 3. The highest BCUT2D eigenvalue weighted by Gasteiger charge is 2.32. The number of carbonyl (C=O) groups is 1. The average molecular weight is 569 g/mol. The predicted octanol–water partition coefficient (Wildman–Crippen LogP) is 2.91. The van der Waals surface area contributed by atoms with Crippen LogP contribution in [0.5, 0.6) is 5.75 Å². The van der Waals surface area contributed by atoms with Crippen LogP contribution in [0, 0.1) is 0 Å². The van der Waals surface area contributed by atoms with Gasteiger partial charge >= 0.3 is 6.36 Å². The molecule has 1 unspecified atom stereocenters. The molecule has 180 valence electrons. The Hall–Kier alpha value is -1.76. The summed E-state index contributed by atoms with van der Waals surface area (Å²) in [5.41, 5.74) is 0.393. The number of aliphatic imine (C=N–C) groups is 1. The Kier molecular flexibility index (Phi) is 9.86. The van der Waals surface area contributed by atoms with Crippen molar-refractivity contribution in [1.82, 2.24) is 20.0 Å². The molecule has 2 aliphatic rings. The van der Waals surface area contributed by atoms with Crippen LogP contribution in [0.4, 0.5) is 13.2 Å². The maximum absolute atomic E-state index is 12.6. The lowest BCUT2D eigenvalue weighted by molar-refractivity contribution is -0.274. The topological polar surface area (TPSA) is 60.4 Å². The molecule has 2 fully saturated rings. The molecule has 0 radical (unpaired) electrons.